The molecule has 4 heteroatoms. The highest BCUT2D eigenvalue weighted by Gasteiger charge is 2.03. The maximum absolute atomic E-state index is 4.05. The highest BCUT2D eigenvalue weighted by molar-refractivity contribution is 9.10. The third kappa shape index (κ3) is 3.17. The van der Waals surface area contributed by atoms with Crippen molar-refractivity contribution in [3.05, 3.63) is 47.0 Å². The molecule has 0 spiro atoms. The number of aromatic nitrogens is 2. The summed E-state index contributed by atoms with van der Waals surface area (Å²) in [5.41, 5.74) is 2.38. The van der Waals surface area contributed by atoms with Gasteiger partial charge >= 0.3 is 0 Å². The molecule has 0 aliphatic rings. The smallest absolute Gasteiger partial charge is 0.0992 e. The van der Waals surface area contributed by atoms with Crippen LogP contribution in [-0.4, -0.2) is 15.6 Å². The fourth-order valence-corrected chi connectivity index (χ4v) is 2.22. The van der Waals surface area contributed by atoms with Crippen molar-refractivity contribution in [2.24, 2.45) is 0 Å². The summed E-state index contributed by atoms with van der Waals surface area (Å²) in [6.45, 7) is 5.18. The van der Waals surface area contributed by atoms with Crippen LogP contribution in [0.25, 0.3) is 5.69 Å². The molecular formula is C13H16BrN3. The number of imidazole rings is 1. The molecule has 17 heavy (non-hydrogen) atoms. The maximum atomic E-state index is 4.05. The van der Waals surface area contributed by atoms with E-state index in [4.69, 9.17) is 0 Å². The Labute approximate surface area is 110 Å². The first kappa shape index (κ1) is 12.3. The summed E-state index contributed by atoms with van der Waals surface area (Å²) in [6, 6.07) is 6.88. The van der Waals surface area contributed by atoms with Crippen LogP contribution in [0, 0.1) is 0 Å². The van der Waals surface area contributed by atoms with E-state index in [1.165, 1.54) is 5.56 Å². The molecular weight excluding hydrogens is 278 g/mol. The van der Waals surface area contributed by atoms with Crippen molar-refractivity contribution in [2.75, 3.05) is 0 Å². The topological polar surface area (TPSA) is 29.9 Å². The Morgan fingerprint density at radius 2 is 2.24 bits per heavy atom. The summed E-state index contributed by atoms with van der Waals surface area (Å²) >= 11 is 3.60. The summed E-state index contributed by atoms with van der Waals surface area (Å²) in [6.07, 6.45) is 5.51. The number of hydrogen-bond donors (Lipinski definition) is 1. The lowest BCUT2D eigenvalue weighted by molar-refractivity contribution is 0.588. The van der Waals surface area contributed by atoms with Gasteiger partial charge in [-0.15, -0.1) is 0 Å². The van der Waals surface area contributed by atoms with E-state index in [0.717, 1.165) is 16.7 Å². The number of benzene rings is 1. The normalized spacial score (nSPS) is 11.1. The predicted octanol–water partition coefficient (Wildman–Crippen LogP) is 3.13. The third-order valence-electron chi connectivity index (χ3n) is 2.51. The van der Waals surface area contributed by atoms with Gasteiger partial charge in [0, 0.05) is 29.5 Å². The maximum Gasteiger partial charge on any atom is 0.0992 e. The van der Waals surface area contributed by atoms with Gasteiger partial charge in [0.1, 0.15) is 0 Å². The van der Waals surface area contributed by atoms with Crippen LogP contribution in [-0.2, 0) is 6.54 Å². The van der Waals surface area contributed by atoms with Gasteiger partial charge in [0.05, 0.1) is 12.0 Å². The lowest BCUT2D eigenvalue weighted by atomic mass is 10.2. The van der Waals surface area contributed by atoms with Gasteiger partial charge < -0.3 is 9.88 Å². The van der Waals surface area contributed by atoms with Crippen molar-refractivity contribution in [3.63, 3.8) is 0 Å². The molecule has 0 atom stereocenters. The summed E-state index contributed by atoms with van der Waals surface area (Å²) in [7, 11) is 0. The molecule has 0 aliphatic carbocycles. The van der Waals surface area contributed by atoms with Crippen molar-refractivity contribution in [3.8, 4) is 5.69 Å². The van der Waals surface area contributed by atoms with Crippen molar-refractivity contribution in [2.45, 2.75) is 26.4 Å². The molecule has 3 nitrogen and oxygen atoms in total. The van der Waals surface area contributed by atoms with Crippen LogP contribution in [0.3, 0.4) is 0 Å². The average Bonchev–Trinajstić information content (AvgIpc) is 2.79. The lowest BCUT2D eigenvalue weighted by Crippen LogP contribution is -2.21. The summed E-state index contributed by atoms with van der Waals surface area (Å²) in [5, 5.41) is 3.40. The quantitative estimate of drug-likeness (QED) is 0.939. The minimum atomic E-state index is 0.502. The monoisotopic (exact) mass is 293 g/mol. The average molecular weight is 294 g/mol. The van der Waals surface area contributed by atoms with Gasteiger partial charge in [-0.1, -0.05) is 19.9 Å². The van der Waals surface area contributed by atoms with Gasteiger partial charge in [0.15, 0.2) is 0 Å². The van der Waals surface area contributed by atoms with Crippen LogP contribution >= 0.6 is 15.9 Å². The van der Waals surface area contributed by atoms with Crippen LogP contribution in [0.5, 0.6) is 0 Å². The molecule has 0 amide bonds. The second-order valence-electron chi connectivity index (χ2n) is 4.29. The van der Waals surface area contributed by atoms with E-state index in [0.29, 0.717) is 6.04 Å². The summed E-state index contributed by atoms with van der Waals surface area (Å²) in [4.78, 5) is 4.05. The zero-order chi connectivity index (χ0) is 12.3. The van der Waals surface area contributed by atoms with Crippen molar-refractivity contribution >= 4 is 15.9 Å². The number of nitrogens with zero attached hydrogens (tertiary/aromatic N) is 2. The first-order valence-corrected chi connectivity index (χ1v) is 6.46. The zero-order valence-corrected chi connectivity index (χ0v) is 11.6. The molecule has 1 heterocycles. The largest absolute Gasteiger partial charge is 0.310 e. The van der Waals surface area contributed by atoms with E-state index in [9.17, 15) is 0 Å². The Bertz CT molecular complexity index is 477. The van der Waals surface area contributed by atoms with Gasteiger partial charge in [-0.3, -0.25) is 0 Å². The first-order chi connectivity index (χ1) is 8.16. The summed E-state index contributed by atoms with van der Waals surface area (Å²) < 4.78 is 3.07. The standard InChI is InChI=1S/C13H16BrN3/c1-10(2)16-8-11-3-4-13(12(14)7-11)17-6-5-15-9-17/h3-7,9-10,16H,8H2,1-2H3. The Morgan fingerprint density at radius 3 is 2.82 bits per heavy atom. The zero-order valence-electron chi connectivity index (χ0n) is 10.0. The Balaban J connectivity index is 2.17. The van der Waals surface area contributed by atoms with E-state index in [-0.39, 0.29) is 0 Å². The van der Waals surface area contributed by atoms with Crippen LogP contribution in [0.4, 0.5) is 0 Å². The number of nitrogens with one attached hydrogen (secondary N) is 1. The fourth-order valence-electron chi connectivity index (χ4n) is 1.59. The van der Waals surface area contributed by atoms with E-state index in [1.54, 1.807) is 12.5 Å². The van der Waals surface area contributed by atoms with Crippen molar-refractivity contribution in [1.29, 1.82) is 0 Å². The molecule has 0 saturated heterocycles. The molecule has 0 saturated carbocycles. The lowest BCUT2D eigenvalue weighted by Gasteiger charge is -2.10. The molecule has 0 fully saturated rings. The Kier molecular flexibility index (Phi) is 3.97. The van der Waals surface area contributed by atoms with Crippen LogP contribution in [0.1, 0.15) is 19.4 Å². The molecule has 2 rings (SSSR count). The van der Waals surface area contributed by atoms with Gasteiger partial charge in [-0.25, -0.2) is 4.98 Å². The second kappa shape index (κ2) is 5.47. The second-order valence-corrected chi connectivity index (χ2v) is 5.15. The number of rotatable bonds is 4. The minimum Gasteiger partial charge on any atom is -0.310 e. The fraction of sp³-hybridized carbons (Fsp3) is 0.308. The van der Waals surface area contributed by atoms with Crippen molar-refractivity contribution in [1.82, 2.24) is 14.9 Å². The highest BCUT2D eigenvalue weighted by Crippen LogP contribution is 2.22. The Morgan fingerprint density at radius 1 is 1.41 bits per heavy atom. The molecule has 0 unspecified atom stereocenters. The van der Waals surface area contributed by atoms with Gasteiger partial charge in [-0.2, -0.15) is 0 Å². The Hall–Kier alpha value is -1.13. The van der Waals surface area contributed by atoms with E-state index >= 15 is 0 Å². The predicted molar refractivity (Wildman–Crippen MR) is 73.2 cm³/mol. The molecule has 0 radical (unpaired) electrons. The highest BCUT2D eigenvalue weighted by atomic mass is 79.9. The van der Waals surface area contributed by atoms with E-state index in [1.807, 2.05) is 10.8 Å². The van der Waals surface area contributed by atoms with Gasteiger partial charge in [0.2, 0.25) is 0 Å². The molecule has 2 aromatic rings. The van der Waals surface area contributed by atoms with Gasteiger partial charge in [0.25, 0.3) is 0 Å². The molecule has 1 aromatic carbocycles. The van der Waals surface area contributed by atoms with Crippen LogP contribution in [0.15, 0.2) is 41.4 Å². The van der Waals surface area contributed by atoms with E-state index < -0.39 is 0 Å². The number of hydrogen-bond acceptors (Lipinski definition) is 2. The third-order valence-corrected chi connectivity index (χ3v) is 3.14. The first-order valence-electron chi connectivity index (χ1n) is 5.67. The SMILES string of the molecule is CC(C)NCc1ccc(-n2ccnc2)c(Br)c1. The molecule has 1 aromatic heterocycles. The van der Waals surface area contributed by atoms with E-state index in [2.05, 4.69) is 58.3 Å². The molecule has 1 N–H and O–H groups in total. The van der Waals surface area contributed by atoms with Crippen molar-refractivity contribution < 1.29 is 0 Å². The summed E-state index contributed by atoms with van der Waals surface area (Å²) in [5.74, 6) is 0. The van der Waals surface area contributed by atoms with Crippen LogP contribution in [0.2, 0.25) is 0 Å². The minimum absolute atomic E-state index is 0.502. The number of halogens is 1. The molecule has 0 aliphatic heterocycles. The van der Waals surface area contributed by atoms with Crippen LogP contribution < -0.4 is 5.32 Å². The van der Waals surface area contributed by atoms with Gasteiger partial charge in [-0.05, 0) is 33.6 Å². The molecule has 0 bridgehead atoms. The molecule has 90 valence electrons.